The number of amidine groups is 1. The molecule has 0 aliphatic carbocycles. The van der Waals surface area contributed by atoms with E-state index in [4.69, 9.17) is 21.3 Å². The van der Waals surface area contributed by atoms with Gasteiger partial charge in [-0.25, -0.2) is 15.0 Å². The number of carbonyl (C=O) groups is 2. The number of nitrogen functional groups attached to an aromatic ring is 1. The van der Waals surface area contributed by atoms with Crippen molar-refractivity contribution in [2.45, 2.75) is 37.3 Å². The number of alkyl halides is 1. The fourth-order valence-corrected chi connectivity index (χ4v) is 6.68. The van der Waals surface area contributed by atoms with Crippen molar-refractivity contribution in [3.63, 3.8) is 0 Å². The molecule has 0 radical (unpaired) electrons. The van der Waals surface area contributed by atoms with Crippen LogP contribution < -0.4 is 25.6 Å². The molecule has 2 fully saturated rings. The number of hydrogen-bond donors (Lipinski definition) is 4. The van der Waals surface area contributed by atoms with Crippen LogP contribution in [0.1, 0.15) is 44.0 Å². The van der Waals surface area contributed by atoms with Gasteiger partial charge in [0.25, 0.3) is 0 Å². The topological polar surface area (TPSA) is 180 Å². The molecular weight excluding hydrogens is 761 g/mol. The summed E-state index contributed by atoms with van der Waals surface area (Å²) >= 11 is 2.14. The summed E-state index contributed by atoms with van der Waals surface area (Å²) in [7, 11) is 1.74. The highest BCUT2D eigenvalue weighted by Gasteiger charge is 2.35. The summed E-state index contributed by atoms with van der Waals surface area (Å²) < 4.78 is 5.56. The Morgan fingerprint density at radius 2 is 1.86 bits per heavy atom. The highest BCUT2D eigenvalue weighted by molar-refractivity contribution is 14.1. The highest BCUT2D eigenvalue weighted by Crippen LogP contribution is 2.26. The molecule has 270 valence electrons. The van der Waals surface area contributed by atoms with Gasteiger partial charge in [0.15, 0.2) is 5.84 Å². The van der Waals surface area contributed by atoms with Gasteiger partial charge in [-0.3, -0.25) is 30.2 Å². The molecule has 0 spiro atoms. The Morgan fingerprint density at radius 3 is 2.51 bits per heavy atom. The number of carbonyl (C=O) groups excluding carboxylic acids is 2. The molecule has 15 heteroatoms. The number of piperazine rings is 1. The van der Waals surface area contributed by atoms with Gasteiger partial charge in [-0.05, 0) is 98.8 Å². The standard InChI is InChI=1S/C36H46IN11O3/c1-5-47(30-12-11-29(38)34(44-30)33(39)26-8-13-31(42-18-26)51-24(3)37)36(50)27-14-15-45(20-27)21-32(49)48-17-16-46(19-23(48)2)28-9-6-25(7-10-28)35(40)43-22-41-4/h6-13,18,22-24,27,39H,5,14-17,19-21,38H2,1-4H3,(H2,40,41,43)/t23-,24?,27+/m0/s1. The van der Waals surface area contributed by atoms with E-state index in [1.54, 1.807) is 42.4 Å². The Morgan fingerprint density at radius 1 is 1.12 bits per heavy atom. The lowest BCUT2D eigenvalue weighted by Crippen LogP contribution is -2.56. The van der Waals surface area contributed by atoms with Crippen molar-refractivity contribution in [1.82, 2.24) is 25.1 Å². The molecule has 0 bridgehead atoms. The average molecular weight is 808 g/mol. The molecule has 2 aliphatic rings. The first-order valence-electron chi connectivity index (χ1n) is 17.1. The summed E-state index contributed by atoms with van der Waals surface area (Å²) in [5, 5.41) is 19.7. The van der Waals surface area contributed by atoms with Crippen LogP contribution in [0.25, 0.3) is 0 Å². The normalized spacial score (nSPS) is 18.5. The van der Waals surface area contributed by atoms with E-state index >= 15 is 0 Å². The zero-order valence-electron chi connectivity index (χ0n) is 29.5. The van der Waals surface area contributed by atoms with E-state index in [1.165, 1.54) is 6.34 Å². The lowest BCUT2D eigenvalue weighted by molar-refractivity contribution is -0.134. The molecule has 2 saturated heterocycles. The molecule has 1 unspecified atom stereocenters. The summed E-state index contributed by atoms with van der Waals surface area (Å²) in [6.45, 7) is 9.69. The average Bonchev–Trinajstić information content (AvgIpc) is 3.59. The SMILES string of the molecule is CCN(C(=O)[C@@H]1CCN(CC(=O)N2CCN(c3ccc(C(=N)/N=C\NC)cc3)C[C@@H]2C)C1)c1ccc(N)c(C(=N)c2ccc(OC(C)I)nc2)n1. The van der Waals surface area contributed by atoms with Crippen LogP contribution in [-0.2, 0) is 9.59 Å². The third kappa shape index (κ3) is 9.18. The Kier molecular flexibility index (Phi) is 12.6. The summed E-state index contributed by atoms with van der Waals surface area (Å²) in [5.41, 5.74) is 9.28. The first-order valence-corrected chi connectivity index (χ1v) is 18.3. The minimum atomic E-state index is -0.278. The van der Waals surface area contributed by atoms with Crippen LogP contribution in [0.2, 0.25) is 0 Å². The van der Waals surface area contributed by atoms with Gasteiger partial charge >= 0.3 is 0 Å². The van der Waals surface area contributed by atoms with Gasteiger partial charge in [-0.1, -0.05) is 0 Å². The number of nitrogens with one attached hydrogen (secondary N) is 3. The Labute approximate surface area is 312 Å². The number of aromatic nitrogens is 2. The first-order chi connectivity index (χ1) is 24.5. The van der Waals surface area contributed by atoms with Crippen LogP contribution in [0.5, 0.6) is 5.88 Å². The third-order valence-corrected chi connectivity index (χ3v) is 9.33. The van der Waals surface area contributed by atoms with Gasteiger partial charge in [-0.2, -0.15) is 0 Å². The number of benzene rings is 1. The number of ether oxygens (including phenoxy) is 1. The molecule has 2 aromatic heterocycles. The molecule has 2 aliphatic heterocycles. The number of nitrogens with two attached hydrogens (primary N) is 1. The Balaban J connectivity index is 1.16. The van der Waals surface area contributed by atoms with E-state index < -0.39 is 0 Å². The molecule has 5 N–H and O–H groups in total. The number of halogens is 1. The maximum atomic E-state index is 13.8. The van der Waals surface area contributed by atoms with E-state index in [0.29, 0.717) is 68.6 Å². The number of amides is 2. The number of aliphatic imine (C=N–C) groups is 1. The summed E-state index contributed by atoms with van der Waals surface area (Å²) in [6.07, 6.45) is 3.69. The number of nitrogens with zero attached hydrogens (tertiary/aromatic N) is 7. The van der Waals surface area contributed by atoms with Crippen LogP contribution in [0.3, 0.4) is 0 Å². The molecule has 2 amide bonds. The predicted octanol–water partition coefficient (Wildman–Crippen LogP) is 3.62. The molecule has 3 atom stereocenters. The fraction of sp³-hybridized carbons (Fsp3) is 0.417. The molecule has 51 heavy (non-hydrogen) atoms. The first kappa shape index (κ1) is 37.6. The number of pyridine rings is 2. The van der Waals surface area contributed by atoms with E-state index in [0.717, 1.165) is 11.3 Å². The maximum Gasteiger partial charge on any atom is 0.237 e. The van der Waals surface area contributed by atoms with Crippen molar-refractivity contribution in [3.8, 4) is 5.88 Å². The van der Waals surface area contributed by atoms with Gasteiger partial charge in [0, 0.05) is 74.9 Å². The summed E-state index contributed by atoms with van der Waals surface area (Å²) in [5.74, 6) is 0.808. The number of likely N-dealkylation sites (tertiary alicyclic amines) is 1. The third-order valence-electron chi connectivity index (χ3n) is 9.07. The smallest absolute Gasteiger partial charge is 0.237 e. The second-order valence-corrected chi connectivity index (χ2v) is 14.4. The van der Waals surface area contributed by atoms with Crippen LogP contribution in [0.4, 0.5) is 17.2 Å². The fourth-order valence-electron chi connectivity index (χ4n) is 6.42. The van der Waals surface area contributed by atoms with Crippen LogP contribution in [-0.4, -0.2) is 112 Å². The molecule has 5 rings (SSSR count). The van der Waals surface area contributed by atoms with E-state index in [1.807, 2.05) is 43.0 Å². The van der Waals surface area contributed by atoms with Crippen LogP contribution in [0, 0.1) is 16.7 Å². The second-order valence-electron chi connectivity index (χ2n) is 12.7. The molecule has 4 heterocycles. The monoisotopic (exact) mass is 807 g/mol. The van der Waals surface area contributed by atoms with Crippen LogP contribution in [0.15, 0.2) is 59.7 Å². The molecular formula is C36H46IN11O3. The van der Waals surface area contributed by atoms with Gasteiger partial charge in [-0.15, -0.1) is 0 Å². The lowest BCUT2D eigenvalue weighted by Gasteiger charge is -2.41. The van der Waals surface area contributed by atoms with Gasteiger partial charge in [0.2, 0.25) is 17.7 Å². The lowest BCUT2D eigenvalue weighted by atomic mass is 10.1. The van der Waals surface area contributed by atoms with Gasteiger partial charge in [0.05, 0.1) is 30.2 Å². The molecule has 0 saturated carbocycles. The van der Waals surface area contributed by atoms with Crippen molar-refractivity contribution in [2.24, 2.45) is 10.9 Å². The molecule has 3 aromatic rings. The Bertz CT molecular complexity index is 1750. The summed E-state index contributed by atoms with van der Waals surface area (Å²) in [6, 6.07) is 14.6. The second kappa shape index (κ2) is 17.0. The van der Waals surface area contributed by atoms with Crippen molar-refractivity contribution in [1.29, 1.82) is 10.8 Å². The van der Waals surface area contributed by atoms with Crippen molar-refractivity contribution in [2.75, 3.05) is 68.4 Å². The van der Waals surface area contributed by atoms with Crippen molar-refractivity contribution < 1.29 is 14.3 Å². The van der Waals surface area contributed by atoms with Crippen LogP contribution >= 0.6 is 22.6 Å². The highest BCUT2D eigenvalue weighted by atomic mass is 127. The quantitative estimate of drug-likeness (QED) is 0.0921. The maximum absolute atomic E-state index is 13.8. The van der Waals surface area contributed by atoms with Crippen molar-refractivity contribution >= 4 is 69.5 Å². The number of anilines is 3. The van der Waals surface area contributed by atoms with E-state index in [9.17, 15) is 9.59 Å². The minimum Gasteiger partial charge on any atom is -0.464 e. The minimum absolute atomic E-state index is 0.0198. The molecule has 14 nitrogen and oxygen atoms in total. The molecule has 1 aromatic carbocycles. The predicted molar refractivity (Wildman–Crippen MR) is 210 cm³/mol. The van der Waals surface area contributed by atoms with Gasteiger partial charge in [0.1, 0.15) is 15.6 Å². The van der Waals surface area contributed by atoms with Gasteiger partial charge < -0.3 is 25.6 Å². The Hall–Kier alpha value is -4.64. The van der Waals surface area contributed by atoms with Crippen molar-refractivity contribution in [3.05, 3.63) is 71.5 Å². The van der Waals surface area contributed by atoms with E-state index in [2.05, 4.69) is 59.6 Å². The number of hydrogen-bond acceptors (Lipinski definition) is 10. The summed E-state index contributed by atoms with van der Waals surface area (Å²) in [4.78, 5) is 48.2. The largest absolute Gasteiger partial charge is 0.464 e. The van der Waals surface area contributed by atoms with E-state index in [-0.39, 0.29) is 51.7 Å². The zero-order valence-corrected chi connectivity index (χ0v) is 31.6. The zero-order chi connectivity index (χ0) is 36.7. The number of rotatable bonds is 12.